The Morgan fingerprint density at radius 1 is 0.921 bits per heavy atom. The molecular formula is C47H83N3O13. The first kappa shape index (κ1) is 53.4. The number of methoxy groups -OCH3 is 2. The molecule has 1 aromatic rings. The third kappa shape index (κ3) is 12.2. The summed E-state index contributed by atoms with van der Waals surface area (Å²) in [5.74, 6) is -1.68. The van der Waals surface area contributed by atoms with E-state index in [1.165, 1.54) is 6.92 Å². The fourth-order valence-corrected chi connectivity index (χ4v) is 9.99. The highest BCUT2D eigenvalue weighted by Crippen LogP contribution is 2.43. The number of ether oxygens (including phenoxy) is 8. The molecule has 16 nitrogen and oxygen atoms in total. The van der Waals surface area contributed by atoms with E-state index in [-0.39, 0.29) is 43.9 Å². The summed E-state index contributed by atoms with van der Waals surface area (Å²) in [4.78, 5) is 14.6. The highest BCUT2D eigenvalue weighted by molar-refractivity contribution is 5.73. The molecule has 0 radical (unpaired) electrons. The first-order valence-electron chi connectivity index (χ1n) is 23.2. The van der Waals surface area contributed by atoms with Crippen molar-refractivity contribution in [1.29, 1.82) is 0 Å². The van der Waals surface area contributed by atoms with Crippen LogP contribution in [-0.4, -0.2) is 157 Å². The van der Waals surface area contributed by atoms with Crippen molar-refractivity contribution in [1.82, 2.24) is 16.0 Å². The predicted octanol–water partition coefficient (Wildman–Crippen LogP) is 3.68. The van der Waals surface area contributed by atoms with Crippen molar-refractivity contribution < 1.29 is 63.1 Å². The van der Waals surface area contributed by atoms with Crippen LogP contribution in [-0.2, 0) is 33.2 Å². The Bertz CT molecular complexity index is 1570. The Balaban J connectivity index is 1.86. The quantitative estimate of drug-likeness (QED) is 0.105. The molecule has 10 unspecified atom stereocenters. The maximum Gasteiger partial charge on any atom is 0.311 e. The lowest BCUT2D eigenvalue weighted by molar-refractivity contribution is -0.335. The fourth-order valence-electron chi connectivity index (χ4n) is 9.99. The Morgan fingerprint density at radius 2 is 1.59 bits per heavy atom. The molecule has 3 aliphatic rings. The molecule has 3 heterocycles. The molecule has 18 atom stereocenters. The number of para-hydroxylation sites is 2. The second-order valence-corrected chi connectivity index (χ2v) is 19.3. The summed E-state index contributed by atoms with van der Waals surface area (Å²) in [6, 6.07) is 6.49. The number of rotatable bonds is 14. The van der Waals surface area contributed by atoms with Crippen molar-refractivity contribution in [2.75, 3.05) is 40.9 Å². The molecule has 0 amide bonds. The lowest BCUT2D eigenvalue weighted by Gasteiger charge is -2.53. The monoisotopic (exact) mass is 898 g/mol. The van der Waals surface area contributed by atoms with Crippen molar-refractivity contribution in [3.63, 3.8) is 0 Å². The van der Waals surface area contributed by atoms with Crippen LogP contribution in [0.5, 0.6) is 11.5 Å². The van der Waals surface area contributed by atoms with Crippen LogP contribution in [0.15, 0.2) is 24.3 Å². The van der Waals surface area contributed by atoms with E-state index in [9.17, 15) is 25.2 Å². The molecular weight excluding hydrogens is 815 g/mol. The van der Waals surface area contributed by atoms with Gasteiger partial charge in [0.1, 0.15) is 29.0 Å². The highest BCUT2D eigenvalue weighted by Gasteiger charge is 2.58. The third-order valence-electron chi connectivity index (χ3n) is 14.1. The van der Waals surface area contributed by atoms with Gasteiger partial charge >= 0.3 is 5.97 Å². The van der Waals surface area contributed by atoms with Crippen molar-refractivity contribution in [3.8, 4) is 11.5 Å². The van der Waals surface area contributed by atoms with Crippen LogP contribution < -0.4 is 25.4 Å². The van der Waals surface area contributed by atoms with Crippen molar-refractivity contribution in [2.45, 2.75) is 198 Å². The predicted molar refractivity (Wildman–Crippen MR) is 238 cm³/mol. The van der Waals surface area contributed by atoms with E-state index in [2.05, 4.69) is 16.0 Å². The topological polar surface area (TPSA) is 208 Å². The van der Waals surface area contributed by atoms with Crippen molar-refractivity contribution in [2.24, 2.45) is 17.8 Å². The molecule has 3 fully saturated rings. The first-order chi connectivity index (χ1) is 29.5. The standard InChI is InChI=1S/C47H83N3O13/c1-15-21-49-26-47(55)32(8)59-37(24-45(47,10)57-14)62-38-29(5)41(63-43-39(33(48-12)22-28(4)58-43)60-35-20-18-17-19-34(35)56-13)44(9,53)23-27(3)25-50-31(7)40(51)46(11,54)36(16-2)61-42(52)30(38)6/h17-20,27-33,36-41,43,48-51,53-55H,15-16,21-26H2,1-14H3/t27?,28-,29?,30?,31?,32+,33+,36?,37+,38?,39-,40?,41?,43+,44?,45-,46?,47+/m1/s1. The summed E-state index contributed by atoms with van der Waals surface area (Å²) in [6.45, 7) is 21.1. The van der Waals surface area contributed by atoms with Crippen LogP contribution in [0.3, 0.4) is 0 Å². The molecule has 0 spiro atoms. The summed E-state index contributed by atoms with van der Waals surface area (Å²) in [5.41, 5.74) is -6.01. The maximum absolute atomic E-state index is 14.6. The van der Waals surface area contributed by atoms with Gasteiger partial charge in [-0.1, -0.05) is 39.8 Å². The molecule has 0 bridgehead atoms. The minimum Gasteiger partial charge on any atom is -0.493 e. The van der Waals surface area contributed by atoms with Gasteiger partial charge in [-0.25, -0.2) is 0 Å². The van der Waals surface area contributed by atoms with E-state index < -0.39 is 95.5 Å². The van der Waals surface area contributed by atoms with Gasteiger partial charge in [0.2, 0.25) is 0 Å². The van der Waals surface area contributed by atoms with Gasteiger partial charge in [-0.2, -0.15) is 0 Å². The average Bonchev–Trinajstić information content (AvgIpc) is 3.24. The summed E-state index contributed by atoms with van der Waals surface area (Å²) < 4.78 is 51.7. The number of carbonyl (C=O) groups excluding carboxylic acids is 1. The van der Waals surface area contributed by atoms with E-state index >= 15 is 0 Å². The number of esters is 1. The second-order valence-electron chi connectivity index (χ2n) is 19.3. The normalized spacial score (nSPS) is 43.6. The molecule has 7 N–H and O–H groups in total. The van der Waals surface area contributed by atoms with E-state index in [0.29, 0.717) is 31.0 Å². The Kier molecular flexibility index (Phi) is 19.1. The Morgan fingerprint density at radius 3 is 2.19 bits per heavy atom. The van der Waals surface area contributed by atoms with Gasteiger partial charge in [0.15, 0.2) is 30.2 Å². The number of hydrogen-bond acceptors (Lipinski definition) is 16. The zero-order valence-corrected chi connectivity index (χ0v) is 40.5. The minimum absolute atomic E-state index is 0.0893. The molecule has 0 aromatic heterocycles. The molecule has 364 valence electrons. The number of hydrogen-bond donors (Lipinski definition) is 7. The first-order valence-corrected chi connectivity index (χ1v) is 23.2. The van der Waals surface area contributed by atoms with Crippen molar-refractivity contribution >= 4 is 5.97 Å². The minimum atomic E-state index is -1.83. The average molecular weight is 898 g/mol. The van der Waals surface area contributed by atoms with E-state index in [1.807, 2.05) is 65.9 Å². The molecule has 0 aliphatic carbocycles. The van der Waals surface area contributed by atoms with Crippen LogP contribution in [0, 0.1) is 17.8 Å². The molecule has 3 saturated heterocycles. The van der Waals surface area contributed by atoms with Gasteiger partial charge < -0.3 is 74.3 Å². The number of likely N-dealkylation sites (N-methyl/N-ethyl adjacent to an activating group) is 1. The second kappa shape index (κ2) is 22.5. The van der Waals surface area contributed by atoms with Crippen LogP contribution in [0.1, 0.15) is 108 Å². The van der Waals surface area contributed by atoms with Gasteiger partial charge in [-0.05, 0) is 112 Å². The number of carbonyl (C=O) groups is 1. The Labute approximate surface area is 376 Å². The van der Waals surface area contributed by atoms with Crippen LogP contribution in [0.2, 0.25) is 0 Å². The smallest absolute Gasteiger partial charge is 0.311 e. The highest BCUT2D eigenvalue weighted by atomic mass is 16.7. The largest absolute Gasteiger partial charge is 0.493 e. The van der Waals surface area contributed by atoms with E-state index in [1.54, 1.807) is 48.8 Å². The molecule has 0 saturated carbocycles. The lowest BCUT2D eigenvalue weighted by atomic mass is 9.75. The zero-order valence-electron chi connectivity index (χ0n) is 40.5. The zero-order chi connectivity index (χ0) is 47.1. The summed E-state index contributed by atoms with van der Waals surface area (Å²) in [7, 11) is 4.97. The number of nitrogens with one attached hydrogen (secondary N) is 3. The third-order valence-corrected chi connectivity index (χ3v) is 14.1. The van der Waals surface area contributed by atoms with Gasteiger partial charge in [0.05, 0.1) is 49.1 Å². The molecule has 3 aliphatic heterocycles. The fraction of sp³-hybridized carbons (Fsp3) is 0.851. The van der Waals surface area contributed by atoms with Crippen LogP contribution >= 0.6 is 0 Å². The summed E-state index contributed by atoms with van der Waals surface area (Å²) in [5, 5.41) is 58.4. The van der Waals surface area contributed by atoms with Crippen LogP contribution in [0.4, 0.5) is 0 Å². The number of cyclic esters (lactones) is 1. The van der Waals surface area contributed by atoms with Crippen LogP contribution in [0.25, 0.3) is 0 Å². The maximum atomic E-state index is 14.6. The molecule has 1 aromatic carbocycles. The van der Waals surface area contributed by atoms with E-state index in [0.717, 1.165) is 6.42 Å². The number of aliphatic hydroxyl groups excluding tert-OH is 1. The SMILES string of the molecule is CCCNC[C@]1(O)[C@H](C)O[C@@H](OC2C(C)C(=O)OC(CC)C(C)(O)C(O)C(C)NCC(C)CC(C)(O)C(O[C@@H]3O[C@H](C)C[C@H](NC)[C@H]3Oc3ccccc3OC)C2C)C[C@@]1(C)OC. The molecule has 63 heavy (non-hydrogen) atoms. The summed E-state index contributed by atoms with van der Waals surface area (Å²) >= 11 is 0. The van der Waals surface area contributed by atoms with Gasteiger partial charge in [-0.15, -0.1) is 0 Å². The van der Waals surface area contributed by atoms with Crippen molar-refractivity contribution in [3.05, 3.63) is 24.3 Å². The number of benzene rings is 1. The van der Waals surface area contributed by atoms with Gasteiger partial charge in [0.25, 0.3) is 0 Å². The molecule has 4 rings (SSSR count). The van der Waals surface area contributed by atoms with E-state index in [4.69, 9.17) is 37.9 Å². The lowest BCUT2D eigenvalue weighted by Crippen LogP contribution is -2.70. The summed E-state index contributed by atoms with van der Waals surface area (Å²) in [6.07, 6.45) is -6.33. The number of aliphatic hydroxyl groups is 4. The van der Waals surface area contributed by atoms with Gasteiger partial charge in [0, 0.05) is 32.0 Å². The Hall–Kier alpha value is -2.19. The molecule has 16 heteroatoms. The van der Waals surface area contributed by atoms with Gasteiger partial charge in [-0.3, -0.25) is 4.79 Å².